The highest BCUT2D eigenvalue weighted by molar-refractivity contribution is 6.70. The summed E-state index contributed by atoms with van der Waals surface area (Å²) in [5, 5.41) is 2.23. The molecule has 0 heterocycles. The predicted molar refractivity (Wildman–Crippen MR) is 37.1 cm³/mol. The minimum absolute atomic E-state index is 0.508. The van der Waals surface area contributed by atoms with Gasteiger partial charge in [-0.3, -0.25) is 9.59 Å². The molecule has 0 aliphatic rings. The van der Waals surface area contributed by atoms with Gasteiger partial charge in [-0.25, -0.2) is 0 Å². The average molecular weight is 142 g/mol. The molecule has 1 radical (unpaired) electrons. The van der Waals surface area contributed by atoms with Crippen molar-refractivity contribution in [1.29, 1.82) is 0 Å². The van der Waals surface area contributed by atoms with Crippen molar-refractivity contribution in [1.82, 2.24) is 5.32 Å². The predicted octanol–water partition coefficient (Wildman–Crippen LogP) is -1.85. The lowest BCUT2D eigenvalue weighted by atomic mass is 9.96. The van der Waals surface area contributed by atoms with E-state index in [1.165, 1.54) is 6.92 Å². The molecule has 0 aliphatic carbocycles. The number of primary amides is 1. The lowest BCUT2D eigenvalue weighted by Gasteiger charge is -2.07. The van der Waals surface area contributed by atoms with E-state index in [4.69, 9.17) is 11.4 Å². The van der Waals surface area contributed by atoms with E-state index in [2.05, 4.69) is 5.32 Å². The van der Waals surface area contributed by atoms with E-state index in [0.29, 0.717) is 0 Å². The van der Waals surface area contributed by atoms with Crippen molar-refractivity contribution < 1.29 is 9.59 Å². The molecule has 0 bridgehead atoms. The molecule has 10 heavy (non-hydrogen) atoms. The number of carbonyl (C=O) groups is 2. The molecule has 0 saturated carbocycles. The van der Waals surface area contributed by atoms with Gasteiger partial charge in [-0.2, -0.15) is 0 Å². The van der Waals surface area contributed by atoms with Gasteiger partial charge >= 0.3 is 7.41 Å². The normalized spacial score (nSPS) is 11.8. The highest BCUT2D eigenvalue weighted by Crippen LogP contribution is 1.77. The van der Waals surface area contributed by atoms with Crippen molar-refractivity contribution in [2.24, 2.45) is 11.4 Å². The molecule has 0 saturated heterocycles. The van der Waals surface area contributed by atoms with Crippen LogP contribution in [0.4, 0.5) is 4.79 Å². The van der Waals surface area contributed by atoms with Gasteiger partial charge in [0.1, 0.15) is 6.04 Å². The van der Waals surface area contributed by atoms with Gasteiger partial charge in [0.2, 0.25) is 5.91 Å². The summed E-state index contributed by atoms with van der Waals surface area (Å²) in [6.45, 7) is 1.48. The van der Waals surface area contributed by atoms with E-state index in [0.717, 1.165) is 7.41 Å². The highest BCUT2D eigenvalue weighted by Gasteiger charge is 2.10. The van der Waals surface area contributed by atoms with E-state index in [1.807, 2.05) is 0 Å². The fourth-order valence-corrected chi connectivity index (χ4v) is 0.333. The number of hydrogen-bond acceptors (Lipinski definition) is 3. The Morgan fingerprint density at radius 1 is 1.60 bits per heavy atom. The lowest BCUT2D eigenvalue weighted by Crippen LogP contribution is -2.45. The fraction of sp³-hybridized carbons (Fsp3) is 0.500. The molecule has 1 atom stereocenters. The van der Waals surface area contributed by atoms with Gasteiger partial charge < -0.3 is 16.7 Å². The SMILES string of the molecule is C[C@H](NC(=O)[B]N)C(N)=O. The molecular formula is C4H9BN3O2. The lowest BCUT2D eigenvalue weighted by molar-refractivity contribution is -0.119. The fourth-order valence-electron chi connectivity index (χ4n) is 0.333. The van der Waals surface area contributed by atoms with Gasteiger partial charge in [0.15, 0.2) is 5.81 Å². The number of amides is 2. The summed E-state index contributed by atoms with van der Waals surface area (Å²) in [6.07, 6.45) is 0. The minimum Gasteiger partial charge on any atom is -0.368 e. The van der Waals surface area contributed by atoms with Gasteiger partial charge in [-0.15, -0.1) is 0 Å². The molecule has 0 fully saturated rings. The number of rotatable bonds is 3. The van der Waals surface area contributed by atoms with E-state index in [1.54, 1.807) is 0 Å². The van der Waals surface area contributed by atoms with Crippen LogP contribution in [0.1, 0.15) is 6.92 Å². The number of nitrogens with one attached hydrogen (secondary N) is 1. The van der Waals surface area contributed by atoms with Crippen molar-refractivity contribution in [2.45, 2.75) is 13.0 Å². The van der Waals surface area contributed by atoms with Crippen LogP contribution in [0.2, 0.25) is 0 Å². The Hall–Kier alpha value is -1.04. The van der Waals surface area contributed by atoms with Gasteiger partial charge in [-0.1, -0.05) is 0 Å². The second-order valence-electron chi connectivity index (χ2n) is 1.80. The molecule has 0 aromatic carbocycles. The molecule has 2 amide bonds. The first-order valence-electron chi connectivity index (χ1n) is 2.72. The molecule has 0 aliphatic heterocycles. The van der Waals surface area contributed by atoms with Gasteiger partial charge in [0, 0.05) is 0 Å². The Morgan fingerprint density at radius 2 is 2.10 bits per heavy atom. The maximum atomic E-state index is 10.4. The molecule has 6 heteroatoms. The molecule has 0 spiro atoms. The maximum absolute atomic E-state index is 10.4. The van der Waals surface area contributed by atoms with Gasteiger partial charge in [-0.05, 0) is 6.92 Å². The summed E-state index contributed by atoms with van der Waals surface area (Å²) >= 11 is 0. The van der Waals surface area contributed by atoms with E-state index in [9.17, 15) is 9.59 Å². The van der Waals surface area contributed by atoms with Crippen molar-refractivity contribution >= 4 is 19.1 Å². The third kappa shape index (κ3) is 3.08. The van der Waals surface area contributed by atoms with Gasteiger partial charge in [0.25, 0.3) is 0 Å². The molecule has 0 aromatic rings. The average Bonchev–Trinajstić information content (AvgIpc) is 1.87. The first-order chi connectivity index (χ1) is 4.57. The van der Waals surface area contributed by atoms with Crippen molar-refractivity contribution in [3.8, 4) is 0 Å². The maximum Gasteiger partial charge on any atom is 0.323 e. The quantitative estimate of drug-likeness (QED) is 0.403. The van der Waals surface area contributed by atoms with Crippen LogP contribution in [0.3, 0.4) is 0 Å². The first kappa shape index (κ1) is 8.96. The van der Waals surface area contributed by atoms with Crippen molar-refractivity contribution in [2.75, 3.05) is 0 Å². The second kappa shape index (κ2) is 3.89. The zero-order valence-electron chi connectivity index (χ0n) is 5.63. The molecule has 0 unspecified atom stereocenters. The monoisotopic (exact) mass is 142 g/mol. The summed E-state index contributed by atoms with van der Waals surface area (Å²) in [5.41, 5.74) is 9.66. The minimum atomic E-state index is -0.674. The zero-order valence-corrected chi connectivity index (χ0v) is 5.63. The molecule has 0 rings (SSSR count). The summed E-state index contributed by atoms with van der Waals surface area (Å²) in [7, 11) is 0.833. The van der Waals surface area contributed by atoms with Crippen molar-refractivity contribution in [3.05, 3.63) is 0 Å². The number of carbonyl (C=O) groups excluding carboxylic acids is 2. The standard InChI is InChI=1S/C4H9BN3O2/c1-2(3(6)9)8-4(10)5-7/h2H,7H2,1H3,(H2,6,9)(H,8,10)/t2-/m0/s1. The van der Waals surface area contributed by atoms with Crippen molar-refractivity contribution in [3.63, 3.8) is 0 Å². The van der Waals surface area contributed by atoms with E-state index >= 15 is 0 Å². The van der Waals surface area contributed by atoms with Crippen LogP contribution in [0, 0.1) is 0 Å². The Bertz CT molecular complexity index is 149. The second-order valence-corrected chi connectivity index (χ2v) is 1.80. The van der Waals surface area contributed by atoms with Crippen LogP contribution < -0.4 is 16.7 Å². The topological polar surface area (TPSA) is 98.2 Å². The molecule has 55 valence electrons. The molecule has 5 nitrogen and oxygen atoms in total. The Morgan fingerprint density at radius 3 is 2.40 bits per heavy atom. The van der Waals surface area contributed by atoms with Crippen LogP contribution in [-0.4, -0.2) is 25.2 Å². The summed E-state index contributed by atoms with van der Waals surface area (Å²) in [5.74, 6) is -1.10. The highest BCUT2D eigenvalue weighted by atomic mass is 16.2. The van der Waals surface area contributed by atoms with Crippen LogP contribution in [0.5, 0.6) is 0 Å². The Kier molecular flexibility index (Phi) is 3.49. The molecular weight excluding hydrogens is 133 g/mol. The summed E-state index contributed by atoms with van der Waals surface area (Å²) in [4.78, 5) is 20.7. The number of hydrogen-bond donors (Lipinski definition) is 3. The molecule has 0 aromatic heterocycles. The summed E-state index contributed by atoms with van der Waals surface area (Å²) in [6, 6.07) is -0.674. The van der Waals surface area contributed by atoms with Crippen LogP contribution in [0.15, 0.2) is 0 Å². The van der Waals surface area contributed by atoms with E-state index < -0.39 is 17.8 Å². The number of nitrogens with two attached hydrogens (primary N) is 2. The van der Waals surface area contributed by atoms with Crippen LogP contribution in [-0.2, 0) is 4.79 Å². The summed E-state index contributed by atoms with van der Waals surface area (Å²) < 4.78 is 0. The van der Waals surface area contributed by atoms with Gasteiger partial charge in [0.05, 0.1) is 0 Å². The third-order valence-corrected chi connectivity index (χ3v) is 0.937. The third-order valence-electron chi connectivity index (χ3n) is 0.937. The molecule has 5 N–H and O–H groups in total. The Balaban J connectivity index is 3.68. The largest absolute Gasteiger partial charge is 0.368 e. The smallest absolute Gasteiger partial charge is 0.323 e. The Labute approximate surface area is 59.4 Å². The van der Waals surface area contributed by atoms with E-state index in [-0.39, 0.29) is 0 Å². The zero-order chi connectivity index (χ0) is 8.15. The van der Waals surface area contributed by atoms with Crippen LogP contribution >= 0.6 is 0 Å². The first-order valence-corrected chi connectivity index (χ1v) is 2.72. The van der Waals surface area contributed by atoms with Crippen LogP contribution in [0.25, 0.3) is 0 Å².